The summed E-state index contributed by atoms with van der Waals surface area (Å²) in [5.41, 5.74) is 1.15. The molecule has 0 aliphatic heterocycles. The number of carbonyl (C=O) groups is 2. The molecule has 0 atom stereocenters. The maximum absolute atomic E-state index is 12.5. The lowest BCUT2D eigenvalue weighted by atomic mass is 10.2. The second-order valence-electron chi connectivity index (χ2n) is 6.52. The third-order valence-corrected chi connectivity index (χ3v) is 4.88. The molecule has 0 bridgehead atoms. The number of aromatic nitrogens is 3. The van der Waals surface area contributed by atoms with Gasteiger partial charge in [0, 0.05) is 12.6 Å². The molecule has 1 aromatic carbocycles. The van der Waals surface area contributed by atoms with E-state index in [1.807, 2.05) is 62.6 Å². The van der Waals surface area contributed by atoms with E-state index in [9.17, 15) is 9.59 Å². The molecule has 1 heterocycles. The van der Waals surface area contributed by atoms with Crippen molar-refractivity contribution in [3.63, 3.8) is 0 Å². The van der Waals surface area contributed by atoms with Gasteiger partial charge in [-0.3, -0.25) is 9.59 Å². The summed E-state index contributed by atoms with van der Waals surface area (Å²) in [6.07, 6.45) is 0. The van der Waals surface area contributed by atoms with E-state index < -0.39 is 0 Å². The molecule has 0 aliphatic rings. The fourth-order valence-electron chi connectivity index (χ4n) is 2.55. The van der Waals surface area contributed by atoms with Crippen molar-refractivity contribution in [2.24, 2.45) is 0 Å². The lowest BCUT2D eigenvalue weighted by Crippen LogP contribution is -2.43. The van der Waals surface area contributed by atoms with Gasteiger partial charge in [0.1, 0.15) is 5.82 Å². The summed E-state index contributed by atoms with van der Waals surface area (Å²) in [6, 6.07) is 10.1. The second kappa shape index (κ2) is 10.1. The van der Waals surface area contributed by atoms with Crippen LogP contribution in [0, 0.1) is 6.92 Å². The van der Waals surface area contributed by atoms with E-state index in [4.69, 9.17) is 0 Å². The average Bonchev–Trinajstić information content (AvgIpc) is 2.98. The van der Waals surface area contributed by atoms with E-state index in [0.29, 0.717) is 18.2 Å². The van der Waals surface area contributed by atoms with E-state index in [2.05, 4.69) is 15.5 Å². The normalized spacial score (nSPS) is 10.9. The van der Waals surface area contributed by atoms with Crippen LogP contribution >= 0.6 is 11.8 Å². The maximum Gasteiger partial charge on any atom is 0.239 e. The Bertz CT molecular complexity index is 761. The van der Waals surface area contributed by atoms with Crippen LogP contribution in [0.3, 0.4) is 0 Å². The highest BCUT2D eigenvalue weighted by Crippen LogP contribution is 2.19. The molecule has 146 valence electrons. The van der Waals surface area contributed by atoms with Gasteiger partial charge >= 0.3 is 0 Å². The Morgan fingerprint density at radius 3 is 2.56 bits per heavy atom. The first-order valence-electron chi connectivity index (χ1n) is 9.04. The lowest BCUT2D eigenvalue weighted by molar-refractivity contribution is -0.134. The molecule has 1 aromatic heterocycles. The van der Waals surface area contributed by atoms with Crippen molar-refractivity contribution in [2.75, 3.05) is 18.8 Å². The molecule has 0 saturated carbocycles. The molecule has 2 rings (SSSR count). The van der Waals surface area contributed by atoms with E-state index in [1.165, 1.54) is 11.8 Å². The first-order chi connectivity index (χ1) is 12.9. The quantitative estimate of drug-likeness (QED) is 0.665. The van der Waals surface area contributed by atoms with Crippen molar-refractivity contribution in [1.29, 1.82) is 0 Å². The fourth-order valence-corrected chi connectivity index (χ4v) is 3.44. The first kappa shape index (κ1) is 21.0. The Morgan fingerprint density at radius 2 is 1.93 bits per heavy atom. The largest absolute Gasteiger partial charge is 0.352 e. The standard InChI is InChI=1S/C19H27N5O2S/c1-5-23(12-17(25)20-14(2)3)18(26)13-27-19-22-21-15(4)24(19)11-16-9-7-6-8-10-16/h6-10,14H,5,11-13H2,1-4H3,(H,20,25). The van der Waals surface area contributed by atoms with Gasteiger partial charge in [-0.25, -0.2) is 0 Å². The van der Waals surface area contributed by atoms with Crippen molar-refractivity contribution in [2.45, 2.75) is 45.4 Å². The molecule has 0 radical (unpaired) electrons. The van der Waals surface area contributed by atoms with Gasteiger partial charge in [-0.05, 0) is 33.3 Å². The van der Waals surface area contributed by atoms with Gasteiger partial charge in [-0.1, -0.05) is 42.1 Å². The summed E-state index contributed by atoms with van der Waals surface area (Å²) >= 11 is 1.35. The number of amides is 2. The minimum Gasteiger partial charge on any atom is -0.352 e. The average molecular weight is 390 g/mol. The Morgan fingerprint density at radius 1 is 1.22 bits per heavy atom. The van der Waals surface area contributed by atoms with Crippen molar-refractivity contribution in [1.82, 2.24) is 25.0 Å². The number of rotatable bonds is 9. The third-order valence-electron chi connectivity index (χ3n) is 3.93. The summed E-state index contributed by atoms with van der Waals surface area (Å²) in [6.45, 7) is 8.78. The number of likely N-dealkylation sites (N-methyl/N-ethyl adjacent to an activating group) is 1. The highest BCUT2D eigenvalue weighted by molar-refractivity contribution is 7.99. The maximum atomic E-state index is 12.5. The predicted molar refractivity (Wildman–Crippen MR) is 107 cm³/mol. The van der Waals surface area contributed by atoms with Gasteiger partial charge in [0.05, 0.1) is 18.8 Å². The van der Waals surface area contributed by atoms with Gasteiger partial charge in [-0.15, -0.1) is 10.2 Å². The Kier molecular flexibility index (Phi) is 7.84. The molecular formula is C19H27N5O2S. The molecule has 2 aromatic rings. The number of nitrogens with one attached hydrogen (secondary N) is 1. The van der Waals surface area contributed by atoms with Crippen LogP contribution < -0.4 is 5.32 Å². The molecule has 0 unspecified atom stereocenters. The van der Waals surface area contributed by atoms with Crippen LogP contribution in [0.15, 0.2) is 35.5 Å². The minimum absolute atomic E-state index is 0.0557. The molecule has 0 fully saturated rings. The summed E-state index contributed by atoms with van der Waals surface area (Å²) in [5, 5.41) is 11.8. The van der Waals surface area contributed by atoms with Gasteiger partial charge in [0.2, 0.25) is 11.8 Å². The highest BCUT2D eigenvalue weighted by atomic mass is 32.2. The number of aryl methyl sites for hydroxylation is 1. The van der Waals surface area contributed by atoms with Crippen molar-refractivity contribution < 1.29 is 9.59 Å². The number of thioether (sulfide) groups is 1. The van der Waals surface area contributed by atoms with E-state index in [-0.39, 0.29) is 30.2 Å². The van der Waals surface area contributed by atoms with Crippen molar-refractivity contribution >= 4 is 23.6 Å². The van der Waals surface area contributed by atoms with E-state index in [1.54, 1.807) is 4.90 Å². The fraction of sp³-hybridized carbons (Fsp3) is 0.474. The van der Waals surface area contributed by atoms with Gasteiger partial charge in [0.25, 0.3) is 0 Å². The number of benzene rings is 1. The Hall–Kier alpha value is -2.35. The number of hydrogen-bond donors (Lipinski definition) is 1. The van der Waals surface area contributed by atoms with Crippen LogP contribution in [0.2, 0.25) is 0 Å². The molecule has 8 heteroatoms. The van der Waals surface area contributed by atoms with Gasteiger partial charge in [-0.2, -0.15) is 0 Å². The number of carbonyl (C=O) groups excluding carboxylic acids is 2. The van der Waals surface area contributed by atoms with E-state index >= 15 is 0 Å². The molecule has 2 amide bonds. The molecule has 0 aliphatic carbocycles. The zero-order chi connectivity index (χ0) is 19.8. The summed E-state index contributed by atoms with van der Waals surface area (Å²) in [5.74, 6) is 0.787. The van der Waals surface area contributed by atoms with Crippen LogP contribution in [0.5, 0.6) is 0 Å². The lowest BCUT2D eigenvalue weighted by Gasteiger charge is -2.21. The SMILES string of the molecule is CCN(CC(=O)NC(C)C)C(=O)CSc1nnc(C)n1Cc1ccccc1. The number of nitrogens with zero attached hydrogens (tertiary/aromatic N) is 4. The molecule has 0 saturated heterocycles. The zero-order valence-corrected chi connectivity index (χ0v) is 17.1. The molecular weight excluding hydrogens is 362 g/mol. The first-order valence-corrected chi connectivity index (χ1v) is 10.0. The minimum atomic E-state index is -0.145. The van der Waals surface area contributed by atoms with Gasteiger partial charge < -0.3 is 14.8 Å². The van der Waals surface area contributed by atoms with Crippen LogP contribution in [-0.2, 0) is 16.1 Å². The van der Waals surface area contributed by atoms with E-state index in [0.717, 1.165) is 11.4 Å². The smallest absolute Gasteiger partial charge is 0.239 e. The summed E-state index contributed by atoms with van der Waals surface area (Å²) in [7, 11) is 0. The van der Waals surface area contributed by atoms with Crippen LogP contribution in [-0.4, -0.2) is 56.4 Å². The van der Waals surface area contributed by atoms with Crippen LogP contribution in [0.25, 0.3) is 0 Å². The predicted octanol–water partition coefficient (Wildman–Crippen LogP) is 2.10. The van der Waals surface area contributed by atoms with Crippen LogP contribution in [0.4, 0.5) is 0 Å². The second-order valence-corrected chi connectivity index (χ2v) is 7.46. The molecule has 0 spiro atoms. The van der Waals surface area contributed by atoms with Crippen molar-refractivity contribution in [3.8, 4) is 0 Å². The highest BCUT2D eigenvalue weighted by Gasteiger charge is 2.18. The Balaban J connectivity index is 1.97. The monoisotopic (exact) mass is 389 g/mol. The van der Waals surface area contributed by atoms with Crippen LogP contribution in [0.1, 0.15) is 32.2 Å². The van der Waals surface area contributed by atoms with Crippen molar-refractivity contribution in [3.05, 3.63) is 41.7 Å². The Labute approximate surface area is 164 Å². The molecule has 1 N–H and O–H groups in total. The summed E-state index contributed by atoms with van der Waals surface area (Å²) in [4.78, 5) is 26.0. The molecule has 7 nitrogen and oxygen atoms in total. The zero-order valence-electron chi connectivity index (χ0n) is 16.3. The number of hydrogen-bond acceptors (Lipinski definition) is 5. The third kappa shape index (κ3) is 6.39. The summed E-state index contributed by atoms with van der Waals surface area (Å²) < 4.78 is 2.00. The topological polar surface area (TPSA) is 80.1 Å². The molecule has 27 heavy (non-hydrogen) atoms. The van der Waals surface area contributed by atoms with Gasteiger partial charge in [0.15, 0.2) is 5.16 Å².